The fourth-order valence-corrected chi connectivity index (χ4v) is 1.85. The predicted octanol–water partition coefficient (Wildman–Crippen LogP) is 2.61. The Balaban J connectivity index is 2.29. The maximum absolute atomic E-state index is 11.2. The van der Waals surface area contributed by atoms with Crippen molar-refractivity contribution >= 4 is 17.3 Å². The molecule has 0 radical (unpaired) electrons. The maximum atomic E-state index is 11.2. The van der Waals surface area contributed by atoms with E-state index < -0.39 is 10.9 Å². The van der Waals surface area contributed by atoms with E-state index >= 15 is 0 Å². The summed E-state index contributed by atoms with van der Waals surface area (Å²) >= 11 is 0. The number of aromatic carboxylic acids is 1. The lowest BCUT2D eigenvalue weighted by atomic mass is 10.1. The van der Waals surface area contributed by atoms with Crippen molar-refractivity contribution in [3.8, 4) is 0 Å². The molecule has 21 heavy (non-hydrogen) atoms. The molecule has 1 heterocycles. The molecule has 0 bridgehead atoms. The molecule has 1 aromatic heterocycles. The summed E-state index contributed by atoms with van der Waals surface area (Å²) in [4.78, 5) is 25.4. The predicted molar refractivity (Wildman–Crippen MR) is 76.4 cm³/mol. The van der Waals surface area contributed by atoms with E-state index in [9.17, 15) is 14.9 Å². The lowest BCUT2D eigenvalue weighted by Gasteiger charge is -2.10. The van der Waals surface area contributed by atoms with Gasteiger partial charge in [0.1, 0.15) is 0 Å². The number of nitro benzene ring substituents is 1. The highest BCUT2D eigenvalue weighted by Gasteiger charge is 2.15. The molecule has 0 aliphatic rings. The average molecular weight is 287 g/mol. The Morgan fingerprint density at radius 2 is 2.19 bits per heavy atom. The molecular formula is C14H13N3O4. The molecule has 0 aliphatic heterocycles. The summed E-state index contributed by atoms with van der Waals surface area (Å²) in [7, 11) is 0. The van der Waals surface area contributed by atoms with E-state index in [4.69, 9.17) is 5.11 Å². The van der Waals surface area contributed by atoms with Crippen LogP contribution >= 0.6 is 0 Å². The molecule has 0 fully saturated rings. The highest BCUT2D eigenvalue weighted by Crippen LogP contribution is 2.23. The zero-order valence-electron chi connectivity index (χ0n) is 11.2. The number of pyridine rings is 1. The number of aromatic nitrogens is 1. The van der Waals surface area contributed by atoms with Gasteiger partial charge in [-0.2, -0.15) is 0 Å². The molecule has 2 N–H and O–H groups in total. The molecule has 7 nitrogen and oxygen atoms in total. The smallest absolute Gasteiger partial charge is 0.337 e. The summed E-state index contributed by atoms with van der Waals surface area (Å²) in [6.07, 6.45) is 3.33. The first-order chi connectivity index (χ1) is 9.99. The highest BCUT2D eigenvalue weighted by atomic mass is 16.6. The van der Waals surface area contributed by atoms with Crippen LogP contribution in [0.1, 0.15) is 21.5 Å². The monoisotopic (exact) mass is 287 g/mol. The summed E-state index contributed by atoms with van der Waals surface area (Å²) in [5.74, 6) is -1.14. The number of nitrogens with zero attached hydrogens (tertiary/aromatic N) is 2. The molecule has 0 saturated heterocycles. The molecule has 0 atom stereocenters. The van der Waals surface area contributed by atoms with Gasteiger partial charge in [0.2, 0.25) is 0 Å². The van der Waals surface area contributed by atoms with Crippen LogP contribution in [0.2, 0.25) is 0 Å². The highest BCUT2D eigenvalue weighted by molar-refractivity contribution is 5.94. The summed E-state index contributed by atoms with van der Waals surface area (Å²) < 4.78 is 0. The lowest BCUT2D eigenvalue weighted by Crippen LogP contribution is -2.08. The van der Waals surface area contributed by atoms with Crippen molar-refractivity contribution in [3.05, 3.63) is 63.5 Å². The van der Waals surface area contributed by atoms with Gasteiger partial charge in [-0.25, -0.2) is 4.79 Å². The van der Waals surface area contributed by atoms with Gasteiger partial charge in [0.15, 0.2) is 0 Å². The normalized spacial score (nSPS) is 10.1. The number of rotatable bonds is 5. The van der Waals surface area contributed by atoms with Gasteiger partial charge < -0.3 is 10.4 Å². The fourth-order valence-electron chi connectivity index (χ4n) is 1.85. The first-order valence-electron chi connectivity index (χ1n) is 6.14. The Hall–Kier alpha value is -2.96. The second-order valence-electron chi connectivity index (χ2n) is 4.45. The molecule has 7 heteroatoms. The number of non-ortho nitro benzene ring substituents is 1. The van der Waals surface area contributed by atoms with Crippen LogP contribution in [-0.2, 0) is 6.54 Å². The van der Waals surface area contributed by atoms with E-state index in [1.807, 2.05) is 13.0 Å². The zero-order chi connectivity index (χ0) is 15.4. The van der Waals surface area contributed by atoms with Crippen molar-refractivity contribution in [1.82, 2.24) is 4.98 Å². The maximum Gasteiger partial charge on any atom is 0.337 e. The largest absolute Gasteiger partial charge is 0.478 e. The number of anilines is 1. The van der Waals surface area contributed by atoms with Gasteiger partial charge in [0.05, 0.1) is 16.2 Å². The number of carboxylic acids is 1. The molecule has 0 spiro atoms. The first kappa shape index (κ1) is 14.4. The number of carbonyl (C=O) groups is 1. The van der Waals surface area contributed by atoms with Crippen LogP contribution < -0.4 is 5.32 Å². The Morgan fingerprint density at radius 3 is 2.81 bits per heavy atom. The molecule has 0 saturated carbocycles. The molecule has 0 unspecified atom stereocenters. The van der Waals surface area contributed by atoms with Crippen molar-refractivity contribution in [1.29, 1.82) is 0 Å². The second-order valence-corrected chi connectivity index (χ2v) is 4.45. The van der Waals surface area contributed by atoms with Crippen LogP contribution in [0.5, 0.6) is 0 Å². The van der Waals surface area contributed by atoms with E-state index in [2.05, 4.69) is 10.3 Å². The molecule has 0 aliphatic carbocycles. The van der Waals surface area contributed by atoms with Gasteiger partial charge >= 0.3 is 5.97 Å². The van der Waals surface area contributed by atoms with Gasteiger partial charge in [0.25, 0.3) is 5.69 Å². The molecule has 2 aromatic rings. The van der Waals surface area contributed by atoms with Gasteiger partial charge in [0, 0.05) is 31.1 Å². The topological polar surface area (TPSA) is 105 Å². The summed E-state index contributed by atoms with van der Waals surface area (Å²) in [6, 6.07) is 5.45. The van der Waals surface area contributed by atoms with Crippen LogP contribution in [0, 0.1) is 17.0 Å². The third-order valence-corrected chi connectivity index (χ3v) is 3.06. The summed E-state index contributed by atoms with van der Waals surface area (Å²) in [6.45, 7) is 2.24. The third kappa shape index (κ3) is 3.33. The molecule has 0 amide bonds. The number of nitrogens with one attached hydrogen (secondary N) is 1. The minimum Gasteiger partial charge on any atom is -0.478 e. The summed E-state index contributed by atoms with van der Waals surface area (Å²) in [5, 5.41) is 22.8. The van der Waals surface area contributed by atoms with Gasteiger partial charge in [-0.05, 0) is 30.2 Å². The molecule has 2 rings (SSSR count). The van der Waals surface area contributed by atoms with E-state index in [0.717, 1.165) is 11.1 Å². The average Bonchev–Trinajstić information content (AvgIpc) is 2.46. The van der Waals surface area contributed by atoms with Crippen molar-refractivity contribution in [3.63, 3.8) is 0 Å². The molecular weight excluding hydrogens is 274 g/mol. The van der Waals surface area contributed by atoms with Crippen LogP contribution in [0.15, 0.2) is 36.7 Å². The quantitative estimate of drug-likeness (QED) is 0.646. The Bertz CT molecular complexity index is 700. The van der Waals surface area contributed by atoms with E-state index in [1.54, 1.807) is 12.4 Å². The van der Waals surface area contributed by atoms with Gasteiger partial charge in [-0.15, -0.1) is 0 Å². The van der Waals surface area contributed by atoms with Crippen molar-refractivity contribution in [2.45, 2.75) is 13.5 Å². The molecule has 1 aromatic carbocycles. The van der Waals surface area contributed by atoms with Crippen LogP contribution in [0.3, 0.4) is 0 Å². The number of nitro groups is 1. The fraction of sp³-hybridized carbons (Fsp3) is 0.143. The lowest BCUT2D eigenvalue weighted by molar-refractivity contribution is -0.384. The number of carboxylic acid groups (broad SMARTS) is 1. The standard InChI is InChI=1S/C14H13N3O4/c1-9-4-5-15-7-10(9)8-16-13-6-11(17(20)21)2-3-12(13)14(18)19/h2-7,16H,8H2,1H3,(H,18,19). The Morgan fingerprint density at radius 1 is 1.43 bits per heavy atom. The van der Waals surface area contributed by atoms with Crippen molar-refractivity contribution in [2.75, 3.05) is 5.32 Å². The van der Waals surface area contributed by atoms with E-state index in [-0.39, 0.29) is 16.9 Å². The second kappa shape index (κ2) is 6.00. The zero-order valence-corrected chi connectivity index (χ0v) is 11.2. The number of hydrogen-bond donors (Lipinski definition) is 2. The van der Waals surface area contributed by atoms with Crippen LogP contribution in [0.4, 0.5) is 11.4 Å². The van der Waals surface area contributed by atoms with E-state index in [0.29, 0.717) is 6.54 Å². The molecule has 108 valence electrons. The van der Waals surface area contributed by atoms with Gasteiger partial charge in [-0.3, -0.25) is 15.1 Å². The Kier molecular flexibility index (Phi) is 4.13. The number of benzene rings is 1. The minimum absolute atomic E-state index is 0.0119. The minimum atomic E-state index is -1.14. The first-order valence-corrected chi connectivity index (χ1v) is 6.14. The van der Waals surface area contributed by atoms with E-state index in [1.165, 1.54) is 18.2 Å². The SMILES string of the molecule is Cc1ccncc1CNc1cc([N+](=O)[O-])ccc1C(=O)O. The van der Waals surface area contributed by atoms with Crippen LogP contribution in [0.25, 0.3) is 0 Å². The van der Waals surface area contributed by atoms with Crippen LogP contribution in [-0.4, -0.2) is 21.0 Å². The van der Waals surface area contributed by atoms with Crippen molar-refractivity contribution < 1.29 is 14.8 Å². The Labute approximate surface area is 120 Å². The summed E-state index contributed by atoms with van der Waals surface area (Å²) in [5.41, 5.74) is 1.92. The number of aryl methyl sites for hydroxylation is 1. The van der Waals surface area contributed by atoms with Crippen molar-refractivity contribution in [2.24, 2.45) is 0 Å². The van der Waals surface area contributed by atoms with Gasteiger partial charge in [-0.1, -0.05) is 0 Å². The third-order valence-electron chi connectivity index (χ3n) is 3.06. The number of hydrogen-bond acceptors (Lipinski definition) is 5.